The predicted octanol–water partition coefficient (Wildman–Crippen LogP) is 5.37. The predicted molar refractivity (Wildman–Crippen MR) is 127 cm³/mol. The molecule has 9 heteroatoms. The number of ether oxygens (including phenoxy) is 2. The van der Waals surface area contributed by atoms with Gasteiger partial charge in [0.2, 0.25) is 0 Å². The van der Waals surface area contributed by atoms with E-state index in [1.165, 1.54) is 0 Å². The van der Waals surface area contributed by atoms with Crippen molar-refractivity contribution in [3.63, 3.8) is 0 Å². The molecule has 2 aromatic rings. The number of piperidine rings is 1. The fraction of sp³-hybridized carbons (Fsp3) is 0.500. The number of carbonyl (C=O) groups is 1. The number of halogens is 3. The molecule has 2 aliphatic heterocycles. The average molecular weight is 493 g/mol. The van der Waals surface area contributed by atoms with E-state index in [4.69, 9.17) is 14.6 Å². The highest BCUT2D eigenvalue weighted by Gasteiger charge is 2.47. The lowest BCUT2D eigenvalue weighted by Gasteiger charge is -2.34. The zero-order chi connectivity index (χ0) is 25.0. The molecule has 2 aromatic carbocycles. The molecule has 0 aliphatic carbocycles. The minimum absolute atomic E-state index is 0.0494. The minimum atomic E-state index is -4.34. The van der Waals surface area contributed by atoms with Crippen LogP contribution in [0.4, 0.5) is 24.5 Å². The van der Waals surface area contributed by atoms with Crippen LogP contribution in [-0.2, 0) is 4.79 Å². The van der Waals surface area contributed by atoms with E-state index in [1.54, 1.807) is 29.2 Å². The molecular weight excluding hydrogens is 461 g/mol. The van der Waals surface area contributed by atoms with Crippen molar-refractivity contribution in [2.75, 3.05) is 36.0 Å². The van der Waals surface area contributed by atoms with E-state index in [0.717, 1.165) is 37.4 Å². The van der Waals surface area contributed by atoms with Gasteiger partial charge in [-0.2, -0.15) is 13.2 Å². The fourth-order valence-electron chi connectivity index (χ4n) is 4.94. The number of aliphatic carboxylic acids is 1. The lowest BCUT2D eigenvalue weighted by Crippen LogP contribution is -2.38. The summed E-state index contributed by atoms with van der Waals surface area (Å²) >= 11 is 0. The van der Waals surface area contributed by atoms with Gasteiger partial charge in [-0.25, -0.2) is 0 Å². The molecule has 0 unspecified atom stereocenters. The number of carboxylic acid groups (broad SMARTS) is 1. The molecule has 6 nitrogen and oxygen atoms in total. The van der Waals surface area contributed by atoms with E-state index in [2.05, 4.69) is 11.0 Å². The Hall–Kier alpha value is -3.10. The van der Waals surface area contributed by atoms with Crippen LogP contribution in [0.1, 0.15) is 32.6 Å². The van der Waals surface area contributed by atoms with Gasteiger partial charge in [-0.05, 0) is 49.7 Å². The Morgan fingerprint density at radius 3 is 2.40 bits per heavy atom. The molecule has 0 radical (unpaired) electrons. The average Bonchev–Trinajstić information content (AvgIpc) is 3.24. The van der Waals surface area contributed by atoms with Gasteiger partial charge in [0.1, 0.15) is 17.6 Å². The number of alkyl halides is 3. The van der Waals surface area contributed by atoms with Gasteiger partial charge >= 0.3 is 12.1 Å². The van der Waals surface area contributed by atoms with Gasteiger partial charge in [-0.3, -0.25) is 4.79 Å². The fourth-order valence-corrected chi connectivity index (χ4v) is 4.94. The Balaban J connectivity index is 1.34. The van der Waals surface area contributed by atoms with Gasteiger partial charge in [-0.1, -0.05) is 6.07 Å². The summed E-state index contributed by atoms with van der Waals surface area (Å²) in [5.41, 5.74) is 1.71. The number of benzene rings is 2. The van der Waals surface area contributed by atoms with Crippen LogP contribution in [0.15, 0.2) is 48.5 Å². The van der Waals surface area contributed by atoms with Crippen LogP contribution in [0.2, 0.25) is 0 Å². The molecule has 0 bridgehead atoms. The second-order valence-corrected chi connectivity index (χ2v) is 9.11. The SMILES string of the molecule is CCOc1cccc(N2CCC(Oc3ccc(N4C[C@H](C(F)(F)F)C[C@@H]4CC(=O)O)cc3)CC2)c1. The third-order valence-corrected chi connectivity index (χ3v) is 6.69. The summed E-state index contributed by atoms with van der Waals surface area (Å²) in [6.07, 6.45) is -3.13. The van der Waals surface area contributed by atoms with Crippen molar-refractivity contribution in [3.05, 3.63) is 48.5 Å². The highest BCUT2D eigenvalue weighted by atomic mass is 19.4. The van der Waals surface area contributed by atoms with Crippen LogP contribution in [0.5, 0.6) is 11.5 Å². The largest absolute Gasteiger partial charge is 0.494 e. The zero-order valence-electron chi connectivity index (χ0n) is 19.7. The Morgan fingerprint density at radius 2 is 1.77 bits per heavy atom. The summed E-state index contributed by atoms with van der Waals surface area (Å²) in [6, 6.07) is 14.3. The van der Waals surface area contributed by atoms with Crippen LogP contribution in [0.25, 0.3) is 0 Å². The van der Waals surface area contributed by atoms with Gasteiger partial charge in [0.25, 0.3) is 0 Å². The molecule has 0 aromatic heterocycles. The summed E-state index contributed by atoms with van der Waals surface area (Å²) in [5, 5.41) is 9.15. The van der Waals surface area contributed by atoms with E-state index in [9.17, 15) is 18.0 Å². The van der Waals surface area contributed by atoms with Gasteiger partial charge in [0, 0.05) is 56.0 Å². The van der Waals surface area contributed by atoms with Gasteiger partial charge in [0.05, 0.1) is 18.9 Å². The van der Waals surface area contributed by atoms with Crippen LogP contribution in [0, 0.1) is 5.92 Å². The molecule has 2 fully saturated rings. The first-order chi connectivity index (χ1) is 16.7. The molecule has 2 atom stereocenters. The molecule has 0 spiro atoms. The first-order valence-electron chi connectivity index (χ1n) is 12.0. The summed E-state index contributed by atoms with van der Waals surface area (Å²) in [5.74, 6) is -1.11. The molecule has 0 saturated carbocycles. The molecule has 2 aliphatic rings. The minimum Gasteiger partial charge on any atom is -0.494 e. The molecule has 1 N–H and O–H groups in total. The van der Waals surface area contributed by atoms with Gasteiger partial charge in [-0.15, -0.1) is 0 Å². The third kappa shape index (κ3) is 6.32. The number of nitrogens with zero attached hydrogens (tertiary/aromatic N) is 2. The Labute approximate surface area is 203 Å². The van der Waals surface area contributed by atoms with E-state index < -0.39 is 24.1 Å². The smallest absolute Gasteiger partial charge is 0.393 e. The molecule has 35 heavy (non-hydrogen) atoms. The Bertz CT molecular complexity index is 991. The molecule has 4 rings (SSSR count). The van der Waals surface area contributed by atoms with E-state index >= 15 is 0 Å². The summed E-state index contributed by atoms with van der Waals surface area (Å²) < 4.78 is 51.5. The summed E-state index contributed by atoms with van der Waals surface area (Å²) in [4.78, 5) is 15.1. The summed E-state index contributed by atoms with van der Waals surface area (Å²) in [6.45, 7) is 4.05. The van der Waals surface area contributed by atoms with Gasteiger partial charge in [0.15, 0.2) is 0 Å². The maximum atomic E-state index is 13.3. The second-order valence-electron chi connectivity index (χ2n) is 9.11. The first kappa shape index (κ1) is 25.0. The lowest BCUT2D eigenvalue weighted by molar-refractivity contribution is -0.169. The standard InChI is InChI=1S/C26H31F3N2O4/c1-2-34-24-5-3-4-20(15-24)30-12-10-23(11-13-30)35-22-8-6-19(7-9-22)31-17-18(26(27,28)29)14-21(31)16-25(32)33/h3-9,15,18,21,23H,2,10-14,16-17H2,1H3,(H,32,33)/t18-,21-/m1/s1. The maximum Gasteiger partial charge on any atom is 0.393 e. The highest BCUT2D eigenvalue weighted by molar-refractivity contribution is 5.69. The van der Waals surface area contributed by atoms with Crippen molar-refractivity contribution in [3.8, 4) is 11.5 Å². The topological polar surface area (TPSA) is 62.2 Å². The Kier molecular flexibility index (Phi) is 7.62. The third-order valence-electron chi connectivity index (χ3n) is 6.69. The number of carboxylic acids is 1. The van der Waals surface area contributed by atoms with E-state index in [1.807, 2.05) is 25.1 Å². The molecular formula is C26H31F3N2O4. The first-order valence-corrected chi connectivity index (χ1v) is 12.0. The normalized spacial score (nSPS) is 21.3. The number of hydrogen-bond acceptors (Lipinski definition) is 5. The van der Waals surface area contributed by atoms with E-state index in [-0.39, 0.29) is 25.5 Å². The second kappa shape index (κ2) is 10.7. The van der Waals surface area contributed by atoms with Crippen LogP contribution in [0.3, 0.4) is 0 Å². The van der Waals surface area contributed by atoms with Crippen LogP contribution in [-0.4, -0.2) is 55.6 Å². The summed E-state index contributed by atoms with van der Waals surface area (Å²) in [7, 11) is 0. The van der Waals surface area contributed by atoms with E-state index in [0.29, 0.717) is 18.0 Å². The van der Waals surface area contributed by atoms with Crippen LogP contribution >= 0.6 is 0 Å². The highest BCUT2D eigenvalue weighted by Crippen LogP contribution is 2.40. The van der Waals surface area contributed by atoms with Crippen LogP contribution < -0.4 is 19.3 Å². The monoisotopic (exact) mass is 492 g/mol. The molecule has 0 amide bonds. The maximum absolute atomic E-state index is 13.3. The molecule has 190 valence electrons. The zero-order valence-corrected chi connectivity index (χ0v) is 19.7. The number of hydrogen-bond donors (Lipinski definition) is 1. The molecule has 2 heterocycles. The number of anilines is 2. The van der Waals surface area contributed by atoms with Crippen molar-refractivity contribution < 1.29 is 32.5 Å². The Morgan fingerprint density at radius 1 is 1.06 bits per heavy atom. The van der Waals surface area contributed by atoms with Crippen molar-refractivity contribution in [2.24, 2.45) is 5.92 Å². The van der Waals surface area contributed by atoms with Crippen molar-refractivity contribution in [1.29, 1.82) is 0 Å². The lowest BCUT2D eigenvalue weighted by atomic mass is 10.0. The van der Waals surface area contributed by atoms with Gasteiger partial charge < -0.3 is 24.4 Å². The number of rotatable bonds is 8. The quantitative estimate of drug-likeness (QED) is 0.535. The molecule has 2 saturated heterocycles. The van der Waals surface area contributed by atoms with Crippen molar-refractivity contribution in [2.45, 2.75) is 50.9 Å². The van der Waals surface area contributed by atoms with Crippen molar-refractivity contribution in [1.82, 2.24) is 0 Å². The van der Waals surface area contributed by atoms with Crippen molar-refractivity contribution >= 4 is 17.3 Å².